The molecule has 0 unspecified atom stereocenters. The lowest BCUT2D eigenvalue weighted by Gasteiger charge is -2.20. The van der Waals surface area contributed by atoms with E-state index < -0.39 is 29.9 Å². The summed E-state index contributed by atoms with van der Waals surface area (Å²) in [6, 6.07) is 4.11. The molecule has 7 nitrogen and oxygen atoms in total. The van der Waals surface area contributed by atoms with Crippen LogP contribution in [0, 0.1) is 0 Å². The topological polar surface area (TPSA) is 116 Å². The first-order chi connectivity index (χ1) is 10.3. The first-order valence-corrected chi connectivity index (χ1v) is 7.15. The molecule has 22 heavy (non-hydrogen) atoms. The van der Waals surface area contributed by atoms with Crippen LogP contribution in [0.5, 0.6) is 5.75 Å². The normalized spacial score (nSPS) is 13.0. The van der Waals surface area contributed by atoms with Gasteiger partial charge in [0.1, 0.15) is 17.8 Å². The molecule has 0 saturated carbocycles. The fourth-order valence-electron chi connectivity index (χ4n) is 1.78. The van der Waals surface area contributed by atoms with Crippen LogP contribution in [0.4, 0.5) is 0 Å². The Labute approximate surface area is 133 Å². The van der Waals surface area contributed by atoms with Crippen LogP contribution in [0.25, 0.3) is 0 Å². The van der Waals surface area contributed by atoms with Crippen molar-refractivity contribution < 1.29 is 24.6 Å². The van der Waals surface area contributed by atoms with E-state index in [-0.39, 0.29) is 17.9 Å². The Bertz CT molecular complexity index is 547. The van der Waals surface area contributed by atoms with E-state index in [1.165, 1.54) is 19.1 Å². The number of hydrogen-bond donors (Lipinski definition) is 5. The molecule has 0 aliphatic rings. The lowest BCUT2D eigenvalue weighted by atomic mass is 10.0. The van der Waals surface area contributed by atoms with Crippen molar-refractivity contribution in [1.82, 2.24) is 10.6 Å². The Hall–Kier alpha value is -2.22. The molecule has 0 fully saturated rings. The van der Waals surface area contributed by atoms with Crippen LogP contribution in [0.15, 0.2) is 24.3 Å². The molecular formula is C14H18N2O5S. The molecule has 0 bridgehead atoms. The zero-order valence-electron chi connectivity index (χ0n) is 11.9. The summed E-state index contributed by atoms with van der Waals surface area (Å²) >= 11 is 3.87. The minimum atomic E-state index is -1.20. The average molecular weight is 326 g/mol. The summed E-state index contributed by atoms with van der Waals surface area (Å²) in [6.07, 6.45) is 0.171. The number of carbonyl (C=O) groups excluding carboxylic acids is 2. The molecule has 0 aliphatic heterocycles. The van der Waals surface area contributed by atoms with Crippen molar-refractivity contribution in [1.29, 1.82) is 0 Å². The van der Waals surface area contributed by atoms with Gasteiger partial charge in [-0.15, -0.1) is 0 Å². The zero-order valence-corrected chi connectivity index (χ0v) is 12.8. The molecular weight excluding hydrogens is 308 g/mol. The number of phenolic OH excluding ortho intramolecular Hbond substituents is 1. The highest BCUT2D eigenvalue weighted by atomic mass is 32.1. The summed E-state index contributed by atoms with van der Waals surface area (Å²) in [4.78, 5) is 34.3. The van der Waals surface area contributed by atoms with Crippen molar-refractivity contribution >= 4 is 30.4 Å². The van der Waals surface area contributed by atoms with E-state index in [0.717, 1.165) is 0 Å². The fourth-order valence-corrected chi connectivity index (χ4v) is 2.03. The van der Waals surface area contributed by atoms with Crippen molar-refractivity contribution in [2.75, 3.05) is 5.75 Å². The van der Waals surface area contributed by atoms with Crippen molar-refractivity contribution in [2.24, 2.45) is 0 Å². The number of phenols is 1. The highest BCUT2D eigenvalue weighted by Crippen LogP contribution is 2.11. The summed E-state index contributed by atoms with van der Waals surface area (Å²) in [5, 5.41) is 23.0. The van der Waals surface area contributed by atoms with Gasteiger partial charge in [-0.3, -0.25) is 9.59 Å². The fraction of sp³-hybridized carbons (Fsp3) is 0.357. The molecule has 4 N–H and O–H groups in total. The summed E-state index contributed by atoms with van der Waals surface area (Å²) < 4.78 is 0. The second kappa shape index (κ2) is 8.28. The number of nitrogens with one attached hydrogen (secondary N) is 2. The largest absolute Gasteiger partial charge is 0.508 e. The Balaban J connectivity index is 2.82. The van der Waals surface area contributed by atoms with Crippen LogP contribution < -0.4 is 10.6 Å². The van der Waals surface area contributed by atoms with Crippen molar-refractivity contribution in [3.8, 4) is 5.75 Å². The molecule has 1 aromatic carbocycles. The molecule has 2 atom stereocenters. The van der Waals surface area contributed by atoms with Crippen LogP contribution >= 0.6 is 12.6 Å². The van der Waals surface area contributed by atoms with Gasteiger partial charge in [0.2, 0.25) is 11.8 Å². The van der Waals surface area contributed by atoms with Gasteiger partial charge in [0.15, 0.2) is 0 Å². The average Bonchev–Trinajstić information content (AvgIpc) is 2.45. The van der Waals surface area contributed by atoms with Gasteiger partial charge >= 0.3 is 5.97 Å². The zero-order chi connectivity index (χ0) is 16.7. The van der Waals surface area contributed by atoms with E-state index in [1.54, 1.807) is 12.1 Å². The standard InChI is InChI=1S/C14H18N2O5S/c1-8(17)15-11(6-9-2-4-10(18)5-3-9)13(19)16-12(7-22)14(20)21/h2-5,11-12,18,22H,6-7H2,1H3,(H,15,17)(H,16,19)(H,20,21)/t11-,12-/m0/s1. The number of amides is 2. The maximum absolute atomic E-state index is 12.2. The van der Waals surface area contributed by atoms with Crippen LogP contribution in [0.1, 0.15) is 12.5 Å². The first-order valence-electron chi connectivity index (χ1n) is 6.52. The van der Waals surface area contributed by atoms with Gasteiger partial charge in [-0.2, -0.15) is 12.6 Å². The van der Waals surface area contributed by atoms with Crippen LogP contribution in [0.3, 0.4) is 0 Å². The van der Waals surface area contributed by atoms with Crippen LogP contribution in [-0.4, -0.2) is 45.8 Å². The van der Waals surface area contributed by atoms with E-state index in [1.807, 2.05) is 0 Å². The quantitative estimate of drug-likeness (QED) is 0.450. The third-order valence-corrected chi connectivity index (χ3v) is 3.23. The highest BCUT2D eigenvalue weighted by molar-refractivity contribution is 7.80. The second-order valence-corrected chi connectivity index (χ2v) is 5.07. The van der Waals surface area contributed by atoms with Crippen molar-refractivity contribution in [3.05, 3.63) is 29.8 Å². The molecule has 1 aromatic rings. The summed E-state index contributed by atoms with van der Waals surface area (Å²) in [6.45, 7) is 1.27. The second-order valence-electron chi connectivity index (χ2n) is 4.71. The lowest BCUT2D eigenvalue weighted by molar-refractivity contribution is -0.141. The Kier molecular flexibility index (Phi) is 6.71. The Morgan fingerprint density at radius 2 is 1.73 bits per heavy atom. The summed E-state index contributed by atoms with van der Waals surface area (Å²) in [7, 11) is 0. The molecule has 2 amide bonds. The molecule has 0 aliphatic carbocycles. The molecule has 1 rings (SSSR count). The molecule has 120 valence electrons. The van der Waals surface area contributed by atoms with E-state index in [9.17, 15) is 19.5 Å². The third kappa shape index (κ3) is 5.65. The van der Waals surface area contributed by atoms with Gasteiger partial charge in [-0.05, 0) is 17.7 Å². The monoisotopic (exact) mass is 326 g/mol. The number of hydrogen-bond acceptors (Lipinski definition) is 5. The van der Waals surface area contributed by atoms with Gasteiger partial charge in [-0.1, -0.05) is 12.1 Å². The maximum Gasteiger partial charge on any atom is 0.327 e. The van der Waals surface area contributed by atoms with Crippen LogP contribution in [-0.2, 0) is 20.8 Å². The molecule has 0 heterocycles. The van der Waals surface area contributed by atoms with Gasteiger partial charge in [0.05, 0.1) is 0 Å². The molecule has 0 radical (unpaired) electrons. The van der Waals surface area contributed by atoms with Gasteiger partial charge < -0.3 is 20.8 Å². The SMILES string of the molecule is CC(=O)N[C@@H](Cc1ccc(O)cc1)C(=O)N[C@@H](CS)C(=O)O. The molecule has 0 saturated heterocycles. The third-order valence-electron chi connectivity index (χ3n) is 2.87. The number of rotatable bonds is 7. The smallest absolute Gasteiger partial charge is 0.327 e. The van der Waals surface area contributed by atoms with E-state index in [4.69, 9.17) is 5.11 Å². The number of carboxylic acid groups (broad SMARTS) is 1. The minimum Gasteiger partial charge on any atom is -0.508 e. The Morgan fingerprint density at radius 1 is 1.14 bits per heavy atom. The Morgan fingerprint density at radius 3 is 2.18 bits per heavy atom. The number of aromatic hydroxyl groups is 1. The van der Waals surface area contributed by atoms with Gasteiger partial charge in [0.25, 0.3) is 0 Å². The van der Waals surface area contributed by atoms with Gasteiger partial charge in [-0.25, -0.2) is 4.79 Å². The number of thiol groups is 1. The lowest BCUT2D eigenvalue weighted by Crippen LogP contribution is -2.52. The van der Waals surface area contributed by atoms with E-state index in [2.05, 4.69) is 23.3 Å². The van der Waals surface area contributed by atoms with Crippen molar-refractivity contribution in [3.63, 3.8) is 0 Å². The predicted octanol–water partition coefficient (Wildman–Crippen LogP) is -0.0614. The number of carbonyl (C=O) groups is 3. The highest BCUT2D eigenvalue weighted by Gasteiger charge is 2.25. The van der Waals surface area contributed by atoms with Crippen molar-refractivity contribution in [2.45, 2.75) is 25.4 Å². The van der Waals surface area contributed by atoms with Crippen LogP contribution in [0.2, 0.25) is 0 Å². The maximum atomic E-state index is 12.2. The van der Waals surface area contributed by atoms with E-state index in [0.29, 0.717) is 5.56 Å². The van der Waals surface area contributed by atoms with Gasteiger partial charge in [0, 0.05) is 19.1 Å². The predicted molar refractivity (Wildman–Crippen MR) is 82.8 cm³/mol. The number of carboxylic acids is 1. The number of aliphatic carboxylic acids is 1. The first kappa shape index (κ1) is 17.8. The summed E-state index contributed by atoms with van der Waals surface area (Å²) in [5.41, 5.74) is 0.712. The molecule has 8 heteroatoms. The minimum absolute atomic E-state index is 0.0624. The summed E-state index contributed by atoms with van der Waals surface area (Å²) in [5.74, 6) is -2.19. The number of benzene rings is 1. The molecule has 0 spiro atoms. The van der Waals surface area contributed by atoms with E-state index >= 15 is 0 Å². The molecule has 0 aromatic heterocycles.